The average molecular weight is 267 g/mol. The SMILES string of the molecule is CCCNC(C)CCS(=O)Cc1ccccc1C. The molecule has 0 aliphatic carbocycles. The van der Waals surface area contributed by atoms with Crippen LogP contribution in [0.25, 0.3) is 0 Å². The van der Waals surface area contributed by atoms with Crippen molar-refractivity contribution in [1.29, 1.82) is 0 Å². The molecule has 0 amide bonds. The molecule has 0 aromatic heterocycles. The maximum absolute atomic E-state index is 12.0. The monoisotopic (exact) mass is 267 g/mol. The molecule has 2 atom stereocenters. The van der Waals surface area contributed by atoms with E-state index >= 15 is 0 Å². The molecular formula is C15H25NOS. The van der Waals surface area contributed by atoms with Crippen LogP contribution in [0.5, 0.6) is 0 Å². The summed E-state index contributed by atoms with van der Waals surface area (Å²) in [6.07, 6.45) is 2.13. The highest BCUT2D eigenvalue weighted by molar-refractivity contribution is 7.84. The summed E-state index contributed by atoms with van der Waals surface area (Å²) >= 11 is 0. The molecule has 0 radical (unpaired) electrons. The first kappa shape index (κ1) is 15.4. The first-order chi connectivity index (χ1) is 8.63. The standard InChI is InChI=1S/C15H25NOS/c1-4-10-16-14(3)9-11-18(17)12-15-8-6-5-7-13(15)2/h5-8,14,16H,4,9-12H2,1-3H3. The Hall–Kier alpha value is -0.670. The Morgan fingerprint density at radius 1 is 1.33 bits per heavy atom. The van der Waals surface area contributed by atoms with Gasteiger partial charge in [0.25, 0.3) is 0 Å². The maximum atomic E-state index is 12.0. The van der Waals surface area contributed by atoms with Crippen LogP contribution >= 0.6 is 0 Å². The molecule has 0 heterocycles. The molecule has 0 aliphatic heterocycles. The molecule has 0 spiro atoms. The predicted molar refractivity (Wildman–Crippen MR) is 80.3 cm³/mol. The lowest BCUT2D eigenvalue weighted by atomic mass is 10.1. The van der Waals surface area contributed by atoms with E-state index in [2.05, 4.69) is 38.2 Å². The van der Waals surface area contributed by atoms with Crippen LogP contribution in [0.4, 0.5) is 0 Å². The second kappa shape index (κ2) is 8.44. The van der Waals surface area contributed by atoms with E-state index in [-0.39, 0.29) is 0 Å². The van der Waals surface area contributed by atoms with Crippen molar-refractivity contribution in [3.8, 4) is 0 Å². The summed E-state index contributed by atoms with van der Waals surface area (Å²) < 4.78 is 12.0. The van der Waals surface area contributed by atoms with E-state index in [1.165, 1.54) is 11.1 Å². The summed E-state index contributed by atoms with van der Waals surface area (Å²) in [6, 6.07) is 8.67. The Morgan fingerprint density at radius 2 is 2.06 bits per heavy atom. The molecule has 2 nitrogen and oxygen atoms in total. The van der Waals surface area contributed by atoms with Crippen molar-refractivity contribution in [2.24, 2.45) is 0 Å². The van der Waals surface area contributed by atoms with Crippen LogP contribution in [0, 0.1) is 6.92 Å². The molecule has 1 aromatic carbocycles. The first-order valence-corrected chi connectivity index (χ1v) is 8.25. The number of hydrogen-bond donors (Lipinski definition) is 1. The quantitative estimate of drug-likeness (QED) is 0.784. The third-order valence-corrected chi connectivity index (χ3v) is 4.42. The van der Waals surface area contributed by atoms with Crippen molar-refractivity contribution in [1.82, 2.24) is 5.32 Å². The van der Waals surface area contributed by atoms with Gasteiger partial charge in [-0.15, -0.1) is 0 Å². The zero-order valence-corrected chi connectivity index (χ0v) is 12.6. The van der Waals surface area contributed by atoms with Crippen molar-refractivity contribution in [3.05, 3.63) is 35.4 Å². The van der Waals surface area contributed by atoms with Gasteiger partial charge in [0.05, 0.1) is 0 Å². The van der Waals surface area contributed by atoms with Gasteiger partial charge in [0.1, 0.15) is 0 Å². The Morgan fingerprint density at radius 3 is 2.72 bits per heavy atom. The van der Waals surface area contributed by atoms with Crippen LogP contribution in [0.2, 0.25) is 0 Å². The average Bonchev–Trinajstić information content (AvgIpc) is 2.36. The van der Waals surface area contributed by atoms with Gasteiger partial charge in [-0.1, -0.05) is 31.2 Å². The Bertz CT molecular complexity index is 379. The van der Waals surface area contributed by atoms with E-state index < -0.39 is 10.8 Å². The lowest BCUT2D eigenvalue weighted by Crippen LogP contribution is -2.28. The molecule has 0 saturated carbocycles. The highest BCUT2D eigenvalue weighted by atomic mass is 32.2. The van der Waals surface area contributed by atoms with Gasteiger partial charge in [-0.05, 0) is 44.4 Å². The maximum Gasteiger partial charge on any atom is 0.0488 e. The zero-order valence-electron chi connectivity index (χ0n) is 11.7. The molecule has 1 rings (SSSR count). The van der Waals surface area contributed by atoms with Crippen LogP contribution in [-0.2, 0) is 16.6 Å². The Kier molecular flexibility index (Phi) is 7.21. The Balaban J connectivity index is 2.32. The fourth-order valence-electron chi connectivity index (χ4n) is 1.82. The molecule has 3 heteroatoms. The van der Waals surface area contributed by atoms with E-state index in [1.807, 2.05) is 12.1 Å². The van der Waals surface area contributed by atoms with Crippen molar-refractivity contribution in [2.45, 2.75) is 45.4 Å². The van der Waals surface area contributed by atoms with Crippen molar-refractivity contribution in [3.63, 3.8) is 0 Å². The fourth-order valence-corrected chi connectivity index (χ4v) is 3.25. The molecule has 1 N–H and O–H groups in total. The van der Waals surface area contributed by atoms with Gasteiger partial charge in [-0.25, -0.2) is 0 Å². The summed E-state index contributed by atoms with van der Waals surface area (Å²) in [4.78, 5) is 0. The lowest BCUT2D eigenvalue weighted by molar-refractivity contribution is 0.533. The van der Waals surface area contributed by atoms with Crippen molar-refractivity contribution >= 4 is 10.8 Å². The highest BCUT2D eigenvalue weighted by Crippen LogP contribution is 2.10. The summed E-state index contributed by atoms with van der Waals surface area (Å²) in [5, 5.41) is 3.43. The lowest BCUT2D eigenvalue weighted by Gasteiger charge is -2.13. The summed E-state index contributed by atoms with van der Waals surface area (Å²) in [7, 11) is -0.747. The molecule has 2 unspecified atom stereocenters. The number of nitrogens with one attached hydrogen (secondary N) is 1. The summed E-state index contributed by atoms with van der Waals surface area (Å²) in [5.41, 5.74) is 2.45. The highest BCUT2D eigenvalue weighted by Gasteiger charge is 2.07. The van der Waals surface area contributed by atoms with E-state index in [1.54, 1.807) is 0 Å². The van der Waals surface area contributed by atoms with Gasteiger partial charge in [0.2, 0.25) is 0 Å². The van der Waals surface area contributed by atoms with Crippen molar-refractivity contribution < 1.29 is 4.21 Å². The first-order valence-electron chi connectivity index (χ1n) is 6.76. The van der Waals surface area contributed by atoms with Crippen LogP contribution < -0.4 is 5.32 Å². The van der Waals surface area contributed by atoms with Crippen LogP contribution in [0.1, 0.15) is 37.8 Å². The van der Waals surface area contributed by atoms with E-state index in [0.717, 1.165) is 25.1 Å². The third kappa shape index (κ3) is 5.78. The van der Waals surface area contributed by atoms with Crippen LogP contribution in [-0.4, -0.2) is 22.5 Å². The number of hydrogen-bond acceptors (Lipinski definition) is 2. The van der Waals surface area contributed by atoms with Crippen LogP contribution in [0.3, 0.4) is 0 Å². The van der Waals surface area contributed by atoms with E-state index in [9.17, 15) is 4.21 Å². The largest absolute Gasteiger partial charge is 0.314 e. The van der Waals surface area contributed by atoms with Gasteiger partial charge < -0.3 is 5.32 Å². The molecule has 0 saturated heterocycles. The molecule has 0 bridgehead atoms. The van der Waals surface area contributed by atoms with Gasteiger partial charge in [-0.3, -0.25) is 4.21 Å². The minimum absolute atomic E-state index is 0.464. The summed E-state index contributed by atoms with van der Waals surface area (Å²) in [5.74, 6) is 1.47. The van der Waals surface area contributed by atoms with Gasteiger partial charge >= 0.3 is 0 Å². The number of rotatable bonds is 8. The summed E-state index contributed by atoms with van der Waals surface area (Å²) in [6.45, 7) is 7.46. The second-order valence-electron chi connectivity index (χ2n) is 4.86. The van der Waals surface area contributed by atoms with E-state index in [4.69, 9.17) is 0 Å². The molecular weight excluding hydrogens is 242 g/mol. The normalized spacial score (nSPS) is 14.4. The molecule has 0 fully saturated rings. The Labute approximate surface area is 114 Å². The smallest absolute Gasteiger partial charge is 0.0488 e. The fraction of sp³-hybridized carbons (Fsp3) is 0.600. The van der Waals surface area contributed by atoms with Gasteiger partial charge in [-0.2, -0.15) is 0 Å². The molecule has 1 aromatic rings. The minimum atomic E-state index is -0.747. The predicted octanol–water partition coefficient (Wildman–Crippen LogP) is 3.02. The van der Waals surface area contributed by atoms with Crippen molar-refractivity contribution in [2.75, 3.05) is 12.3 Å². The number of aryl methyl sites for hydroxylation is 1. The molecule has 18 heavy (non-hydrogen) atoms. The second-order valence-corrected chi connectivity index (χ2v) is 6.44. The molecule has 0 aliphatic rings. The third-order valence-electron chi connectivity index (χ3n) is 3.10. The minimum Gasteiger partial charge on any atom is -0.314 e. The van der Waals surface area contributed by atoms with Gasteiger partial charge in [0, 0.05) is 28.3 Å². The van der Waals surface area contributed by atoms with Gasteiger partial charge in [0.15, 0.2) is 0 Å². The topological polar surface area (TPSA) is 29.1 Å². The number of benzene rings is 1. The molecule has 102 valence electrons. The van der Waals surface area contributed by atoms with E-state index in [0.29, 0.717) is 11.8 Å². The zero-order chi connectivity index (χ0) is 13.4. The van der Waals surface area contributed by atoms with Crippen LogP contribution in [0.15, 0.2) is 24.3 Å².